The van der Waals surface area contributed by atoms with E-state index in [2.05, 4.69) is 10.3 Å². The molecule has 1 heterocycles. The lowest BCUT2D eigenvalue weighted by Gasteiger charge is -2.15. The Labute approximate surface area is 191 Å². The number of nitrogens with one attached hydrogen (secondary N) is 1. The van der Waals surface area contributed by atoms with Crippen LogP contribution in [0, 0.1) is 0 Å². The maximum absolute atomic E-state index is 13.9. The molecule has 4 nitrogen and oxygen atoms in total. The molecule has 0 spiro atoms. The number of fused-ring (bicyclic) bond motifs is 1. The topological polar surface area (TPSA) is 51.2 Å². The fourth-order valence-electron chi connectivity index (χ4n) is 3.57. The molecule has 168 valence electrons. The maximum atomic E-state index is 13.9. The number of halogens is 2. The quantitative estimate of drug-likeness (QED) is 0.332. The smallest absolute Gasteiger partial charge is 0.273 e. The molecule has 0 fully saturated rings. The highest BCUT2D eigenvalue weighted by Crippen LogP contribution is 2.34. The van der Waals surface area contributed by atoms with Crippen molar-refractivity contribution in [2.45, 2.75) is 32.2 Å². The minimum Gasteiger partial charge on any atom is -0.457 e. The molecule has 0 bridgehead atoms. The Kier molecular flexibility index (Phi) is 6.36. The molecule has 4 aromatic rings. The zero-order valence-corrected chi connectivity index (χ0v) is 18.4. The number of hydrogen-bond acceptors (Lipinski definition) is 3. The number of alkyl halides is 2. The van der Waals surface area contributed by atoms with Crippen LogP contribution < -0.4 is 10.1 Å². The van der Waals surface area contributed by atoms with Crippen LogP contribution in [0.1, 0.15) is 47.9 Å². The summed E-state index contributed by atoms with van der Waals surface area (Å²) in [6, 6.07) is 22.1. The molecule has 0 saturated heterocycles. The molecule has 33 heavy (non-hydrogen) atoms. The van der Waals surface area contributed by atoms with Crippen molar-refractivity contribution in [1.29, 1.82) is 0 Å². The van der Waals surface area contributed by atoms with E-state index >= 15 is 0 Å². The summed E-state index contributed by atoms with van der Waals surface area (Å²) in [7, 11) is 0. The summed E-state index contributed by atoms with van der Waals surface area (Å²) in [6.45, 7) is 3.34. The van der Waals surface area contributed by atoms with E-state index < -0.39 is 5.92 Å². The van der Waals surface area contributed by atoms with Gasteiger partial charge in [-0.1, -0.05) is 25.1 Å². The normalized spacial score (nSPS) is 12.4. The largest absolute Gasteiger partial charge is 0.457 e. The molecule has 0 saturated carbocycles. The van der Waals surface area contributed by atoms with Crippen molar-refractivity contribution in [2.24, 2.45) is 0 Å². The van der Waals surface area contributed by atoms with E-state index in [1.807, 2.05) is 43.3 Å². The Hall–Kier alpha value is -3.80. The van der Waals surface area contributed by atoms with Gasteiger partial charge in [0.15, 0.2) is 0 Å². The number of nitrogens with zero attached hydrogens (tertiary/aromatic N) is 1. The summed E-state index contributed by atoms with van der Waals surface area (Å²) in [5, 5.41) is 4.61. The van der Waals surface area contributed by atoms with E-state index in [0.717, 1.165) is 16.5 Å². The second-order valence-electron chi connectivity index (χ2n) is 7.83. The zero-order valence-electron chi connectivity index (χ0n) is 18.4. The summed E-state index contributed by atoms with van der Waals surface area (Å²) >= 11 is 0. The monoisotopic (exact) mass is 446 g/mol. The minimum atomic E-state index is -2.86. The first-order valence-corrected chi connectivity index (χ1v) is 10.8. The van der Waals surface area contributed by atoms with E-state index in [9.17, 15) is 13.6 Å². The van der Waals surface area contributed by atoms with Crippen molar-refractivity contribution < 1.29 is 18.3 Å². The number of carbonyl (C=O) groups excluding carboxylic acids is 1. The van der Waals surface area contributed by atoms with Gasteiger partial charge in [-0.15, -0.1) is 0 Å². The second kappa shape index (κ2) is 9.36. The highest BCUT2D eigenvalue weighted by molar-refractivity contribution is 6.00. The van der Waals surface area contributed by atoms with Gasteiger partial charge in [0.1, 0.15) is 11.5 Å². The van der Waals surface area contributed by atoms with Gasteiger partial charge in [0.05, 0.1) is 11.7 Å². The molecule has 1 atom stereocenters. The van der Waals surface area contributed by atoms with Gasteiger partial charge >= 0.3 is 0 Å². The third-order valence-corrected chi connectivity index (χ3v) is 5.53. The SMILES string of the molecule is CCC(F)(F)c1ccc(Oc2cccc3cc(C(=O)N[C@H](C)c4ccccn4)ccc23)cc1. The van der Waals surface area contributed by atoms with Crippen LogP contribution in [0.15, 0.2) is 85.1 Å². The maximum Gasteiger partial charge on any atom is 0.273 e. The van der Waals surface area contributed by atoms with Gasteiger partial charge in [-0.3, -0.25) is 9.78 Å². The molecule has 0 unspecified atom stereocenters. The van der Waals surface area contributed by atoms with Crippen LogP contribution in [0.25, 0.3) is 10.8 Å². The Morgan fingerprint density at radius 1 is 1.03 bits per heavy atom. The first-order valence-electron chi connectivity index (χ1n) is 10.8. The Bertz CT molecular complexity index is 1260. The lowest BCUT2D eigenvalue weighted by Crippen LogP contribution is -2.27. The van der Waals surface area contributed by atoms with Crippen molar-refractivity contribution in [1.82, 2.24) is 10.3 Å². The first-order chi connectivity index (χ1) is 15.9. The van der Waals surface area contributed by atoms with Gasteiger partial charge in [-0.2, -0.15) is 0 Å². The summed E-state index contributed by atoms with van der Waals surface area (Å²) in [6.07, 6.45) is 1.44. The molecular formula is C27H24F2N2O2. The van der Waals surface area contributed by atoms with Crippen LogP contribution in [-0.2, 0) is 5.92 Å². The summed E-state index contributed by atoms with van der Waals surface area (Å²) in [5.41, 5.74) is 1.27. The van der Waals surface area contributed by atoms with Gasteiger partial charge in [0.2, 0.25) is 0 Å². The number of rotatable bonds is 7. The third kappa shape index (κ3) is 5.00. The minimum absolute atomic E-state index is 0.0362. The average molecular weight is 446 g/mol. The fourth-order valence-corrected chi connectivity index (χ4v) is 3.57. The predicted molar refractivity (Wildman–Crippen MR) is 125 cm³/mol. The van der Waals surface area contributed by atoms with E-state index in [4.69, 9.17) is 4.74 Å². The van der Waals surface area contributed by atoms with Gasteiger partial charge in [0, 0.05) is 29.1 Å². The van der Waals surface area contributed by atoms with E-state index in [0.29, 0.717) is 17.1 Å². The molecule has 4 rings (SSSR count). The number of carbonyl (C=O) groups is 1. The van der Waals surface area contributed by atoms with Gasteiger partial charge in [-0.05, 0) is 73.0 Å². The Morgan fingerprint density at radius 3 is 2.52 bits per heavy atom. The van der Waals surface area contributed by atoms with Crippen molar-refractivity contribution in [3.05, 3.63) is 102 Å². The Morgan fingerprint density at radius 2 is 1.82 bits per heavy atom. The predicted octanol–water partition coefficient (Wildman–Crippen LogP) is 7.02. The van der Waals surface area contributed by atoms with Crippen LogP contribution >= 0.6 is 0 Å². The molecule has 3 aromatic carbocycles. The lowest BCUT2D eigenvalue weighted by molar-refractivity contribution is -0.00831. The molecule has 0 radical (unpaired) electrons. The van der Waals surface area contributed by atoms with E-state index in [1.165, 1.54) is 19.1 Å². The first kappa shape index (κ1) is 22.4. The standard InChI is InChI=1S/C27H24F2N2O2/c1-3-27(28,29)21-11-13-22(14-12-21)33-25-9-6-7-19-17-20(10-15-23(19)25)26(32)31-18(2)24-8-4-5-16-30-24/h4-18H,3H2,1-2H3,(H,31,32)/t18-/m1/s1. The number of amides is 1. The van der Waals surface area contributed by atoms with Crippen LogP contribution in [0.3, 0.4) is 0 Å². The van der Waals surface area contributed by atoms with Crippen LogP contribution in [0.2, 0.25) is 0 Å². The molecule has 1 amide bonds. The number of benzene rings is 3. The zero-order chi connectivity index (χ0) is 23.4. The highest BCUT2D eigenvalue weighted by Gasteiger charge is 2.28. The molecule has 0 aliphatic heterocycles. The Balaban J connectivity index is 1.53. The van der Waals surface area contributed by atoms with Crippen molar-refractivity contribution in [2.75, 3.05) is 0 Å². The fraction of sp³-hybridized carbons (Fsp3) is 0.185. The molecule has 1 N–H and O–H groups in total. The van der Waals surface area contributed by atoms with Gasteiger partial charge in [-0.25, -0.2) is 8.78 Å². The van der Waals surface area contributed by atoms with Gasteiger partial charge < -0.3 is 10.1 Å². The van der Waals surface area contributed by atoms with Crippen molar-refractivity contribution in [3.63, 3.8) is 0 Å². The summed E-state index contributed by atoms with van der Waals surface area (Å²) < 4.78 is 33.7. The highest BCUT2D eigenvalue weighted by atomic mass is 19.3. The second-order valence-corrected chi connectivity index (χ2v) is 7.83. The van der Waals surface area contributed by atoms with Crippen molar-refractivity contribution in [3.8, 4) is 11.5 Å². The third-order valence-electron chi connectivity index (χ3n) is 5.53. The molecular weight excluding hydrogens is 422 g/mol. The van der Waals surface area contributed by atoms with E-state index in [1.54, 1.807) is 36.5 Å². The molecule has 6 heteroatoms. The van der Waals surface area contributed by atoms with Crippen LogP contribution in [0.5, 0.6) is 11.5 Å². The molecule has 0 aliphatic carbocycles. The van der Waals surface area contributed by atoms with E-state index in [-0.39, 0.29) is 23.9 Å². The summed E-state index contributed by atoms with van der Waals surface area (Å²) in [4.78, 5) is 17.0. The van der Waals surface area contributed by atoms with Crippen LogP contribution in [-0.4, -0.2) is 10.9 Å². The average Bonchev–Trinajstić information content (AvgIpc) is 2.84. The molecule has 1 aromatic heterocycles. The number of pyridine rings is 1. The summed E-state index contributed by atoms with van der Waals surface area (Å²) in [5.74, 6) is -2.02. The molecule has 0 aliphatic rings. The lowest BCUT2D eigenvalue weighted by atomic mass is 10.0. The number of ether oxygens (including phenoxy) is 1. The number of hydrogen-bond donors (Lipinski definition) is 1. The van der Waals surface area contributed by atoms with Crippen LogP contribution in [0.4, 0.5) is 8.78 Å². The van der Waals surface area contributed by atoms with Gasteiger partial charge in [0.25, 0.3) is 11.8 Å². The number of aromatic nitrogens is 1. The van der Waals surface area contributed by atoms with Crippen molar-refractivity contribution >= 4 is 16.7 Å².